The lowest BCUT2D eigenvalue weighted by Gasteiger charge is -2.32. The third-order valence-corrected chi connectivity index (χ3v) is 5.27. The van der Waals surface area contributed by atoms with Crippen LogP contribution in [-0.2, 0) is 11.3 Å². The van der Waals surface area contributed by atoms with Crippen LogP contribution < -0.4 is 0 Å². The van der Waals surface area contributed by atoms with Crippen molar-refractivity contribution < 1.29 is 4.79 Å². The minimum absolute atomic E-state index is 0.148. The van der Waals surface area contributed by atoms with Crippen molar-refractivity contribution >= 4 is 17.5 Å². The van der Waals surface area contributed by atoms with Crippen LogP contribution in [0.5, 0.6) is 0 Å². The molecular formula is C19H25ClN4O. The molecule has 0 bridgehead atoms. The molecule has 1 aromatic carbocycles. The van der Waals surface area contributed by atoms with Gasteiger partial charge in [-0.1, -0.05) is 29.8 Å². The summed E-state index contributed by atoms with van der Waals surface area (Å²) in [6.45, 7) is 4.61. The lowest BCUT2D eigenvalue weighted by atomic mass is 9.95. The summed E-state index contributed by atoms with van der Waals surface area (Å²) in [7, 11) is 3.66. The molecule has 2 heterocycles. The summed E-state index contributed by atoms with van der Waals surface area (Å²) in [6.07, 6.45) is 1.81. The van der Waals surface area contributed by atoms with Crippen LogP contribution in [0.15, 0.2) is 30.3 Å². The van der Waals surface area contributed by atoms with Gasteiger partial charge in [0.15, 0.2) is 0 Å². The second-order valence-electron chi connectivity index (χ2n) is 6.89. The van der Waals surface area contributed by atoms with Gasteiger partial charge in [-0.2, -0.15) is 5.10 Å². The number of carbonyl (C=O) groups excluding carboxylic acids is 1. The van der Waals surface area contributed by atoms with E-state index in [1.807, 2.05) is 51.4 Å². The SMILES string of the molecule is Cc1nn(-c2ccccc2)c(Cl)c1CN1CCC(C(=O)N(C)C)CC1. The number of nitrogens with zero attached hydrogens (tertiary/aromatic N) is 4. The average molecular weight is 361 g/mol. The fraction of sp³-hybridized carbons (Fsp3) is 0.474. The van der Waals surface area contributed by atoms with Crippen molar-refractivity contribution in [3.63, 3.8) is 0 Å². The average Bonchev–Trinajstić information content (AvgIpc) is 2.90. The van der Waals surface area contributed by atoms with Crippen molar-refractivity contribution in [2.75, 3.05) is 27.2 Å². The smallest absolute Gasteiger partial charge is 0.225 e. The van der Waals surface area contributed by atoms with E-state index in [0.717, 1.165) is 49.4 Å². The van der Waals surface area contributed by atoms with E-state index in [-0.39, 0.29) is 11.8 Å². The number of aromatic nitrogens is 2. The first-order valence-electron chi connectivity index (χ1n) is 8.70. The highest BCUT2D eigenvalue weighted by Crippen LogP contribution is 2.27. The Hall–Kier alpha value is -1.85. The van der Waals surface area contributed by atoms with Gasteiger partial charge in [0.05, 0.1) is 11.4 Å². The summed E-state index contributed by atoms with van der Waals surface area (Å²) in [6, 6.07) is 9.94. The number of likely N-dealkylation sites (tertiary alicyclic amines) is 1. The largest absolute Gasteiger partial charge is 0.349 e. The van der Waals surface area contributed by atoms with E-state index in [1.165, 1.54) is 0 Å². The normalized spacial score (nSPS) is 16.2. The Morgan fingerprint density at radius 2 is 1.88 bits per heavy atom. The monoisotopic (exact) mass is 360 g/mol. The molecule has 1 aromatic heterocycles. The fourth-order valence-electron chi connectivity index (χ4n) is 3.38. The van der Waals surface area contributed by atoms with Crippen LogP contribution in [0, 0.1) is 12.8 Å². The minimum atomic E-state index is 0.148. The Balaban J connectivity index is 1.69. The standard InChI is InChI=1S/C19H25ClN4O/c1-14-17(18(20)24(21-14)16-7-5-4-6-8-16)13-23-11-9-15(10-12-23)19(25)22(2)3/h4-8,15H,9-13H2,1-3H3. The number of rotatable bonds is 4. The molecule has 3 rings (SSSR count). The molecule has 0 aliphatic carbocycles. The molecule has 0 unspecified atom stereocenters. The summed E-state index contributed by atoms with van der Waals surface area (Å²) >= 11 is 6.62. The highest BCUT2D eigenvalue weighted by atomic mass is 35.5. The van der Waals surface area contributed by atoms with E-state index >= 15 is 0 Å². The van der Waals surface area contributed by atoms with Crippen LogP contribution in [0.3, 0.4) is 0 Å². The van der Waals surface area contributed by atoms with Gasteiger partial charge in [0.1, 0.15) is 5.15 Å². The molecule has 1 saturated heterocycles. The van der Waals surface area contributed by atoms with Crippen molar-refractivity contribution in [3.05, 3.63) is 46.7 Å². The van der Waals surface area contributed by atoms with Gasteiger partial charge in [-0.05, 0) is 45.0 Å². The number of hydrogen-bond donors (Lipinski definition) is 0. The number of piperidine rings is 1. The molecule has 6 heteroatoms. The second kappa shape index (κ2) is 7.58. The first-order chi connectivity index (χ1) is 12.0. The zero-order valence-corrected chi connectivity index (χ0v) is 15.8. The first kappa shape index (κ1) is 18.0. The van der Waals surface area contributed by atoms with Gasteiger partial charge in [-0.15, -0.1) is 0 Å². The second-order valence-corrected chi connectivity index (χ2v) is 7.24. The Morgan fingerprint density at radius 3 is 2.48 bits per heavy atom. The van der Waals surface area contributed by atoms with Crippen LogP contribution >= 0.6 is 11.6 Å². The summed E-state index contributed by atoms with van der Waals surface area (Å²) in [5, 5.41) is 5.29. The van der Waals surface area contributed by atoms with Crippen molar-refractivity contribution in [2.24, 2.45) is 5.92 Å². The van der Waals surface area contributed by atoms with Crippen molar-refractivity contribution in [3.8, 4) is 5.69 Å². The molecule has 0 saturated carbocycles. The minimum Gasteiger partial charge on any atom is -0.349 e. The van der Waals surface area contributed by atoms with E-state index < -0.39 is 0 Å². The predicted octanol–water partition coefficient (Wildman–Crippen LogP) is 3.13. The van der Waals surface area contributed by atoms with Crippen LogP contribution in [0.25, 0.3) is 5.69 Å². The summed E-state index contributed by atoms with van der Waals surface area (Å²) in [4.78, 5) is 16.2. The maximum absolute atomic E-state index is 12.1. The molecule has 134 valence electrons. The number of benzene rings is 1. The van der Waals surface area contributed by atoms with Crippen molar-refractivity contribution in [1.82, 2.24) is 19.6 Å². The lowest BCUT2D eigenvalue weighted by molar-refractivity contribution is -0.134. The topological polar surface area (TPSA) is 41.4 Å². The number of amides is 1. The highest BCUT2D eigenvalue weighted by Gasteiger charge is 2.27. The number of hydrogen-bond acceptors (Lipinski definition) is 3. The van der Waals surface area contributed by atoms with Gasteiger partial charge in [0.25, 0.3) is 0 Å². The molecule has 1 amide bonds. The van der Waals surface area contributed by atoms with Crippen LogP contribution in [-0.4, -0.2) is 52.7 Å². The van der Waals surface area contributed by atoms with Crippen LogP contribution in [0.2, 0.25) is 5.15 Å². The third kappa shape index (κ3) is 3.88. The van der Waals surface area contributed by atoms with Gasteiger partial charge in [0, 0.05) is 32.1 Å². The lowest BCUT2D eigenvalue weighted by Crippen LogP contribution is -2.39. The first-order valence-corrected chi connectivity index (χ1v) is 9.08. The summed E-state index contributed by atoms with van der Waals surface area (Å²) in [5.74, 6) is 0.389. The predicted molar refractivity (Wildman–Crippen MR) is 100 cm³/mol. The number of carbonyl (C=O) groups is 1. The van der Waals surface area contributed by atoms with Gasteiger partial charge in [-0.3, -0.25) is 9.69 Å². The molecule has 0 atom stereocenters. The highest BCUT2D eigenvalue weighted by molar-refractivity contribution is 6.30. The maximum Gasteiger partial charge on any atom is 0.225 e. The van der Waals surface area contributed by atoms with E-state index in [2.05, 4.69) is 10.00 Å². The van der Waals surface area contributed by atoms with E-state index in [4.69, 9.17) is 11.6 Å². The van der Waals surface area contributed by atoms with Crippen molar-refractivity contribution in [1.29, 1.82) is 0 Å². The third-order valence-electron chi connectivity index (χ3n) is 4.88. The fourth-order valence-corrected chi connectivity index (χ4v) is 3.71. The Morgan fingerprint density at radius 1 is 1.24 bits per heavy atom. The van der Waals surface area contributed by atoms with E-state index in [9.17, 15) is 4.79 Å². The number of para-hydroxylation sites is 1. The van der Waals surface area contributed by atoms with E-state index in [0.29, 0.717) is 5.15 Å². The molecule has 0 spiro atoms. The quantitative estimate of drug-likeness (QED) is 0.841. The summed E-state index contributed by atoms with van der Waals surface area (Å²) < 4.78 is 1.80. The molecule has 1 fully saturated rings. The zero-order chi connectivity index (χ0) is 18.0. The van der Waals surface area contributed by atoms with Gasteiger partial charge >= 0.3 is 0 Å². The molecule has 25 heavy (non-hydrogen) atoms. The molecule has 2 aromatic rings. The Bertz CT molecular complexity index is 733. The van der Waals surface area contributed by atoms with Gasteiger partial charge in [0.2, 0.25) is 5.91 Å². The molecule has 5 nitrogen and oxygen atoms in total. The Kier molecular flexibility index (Phi) is 5.45. The molecule has 0 radical (unpaired) electrons. The molecule has 1 aliphatic rings. The van der Waals surface area contributed by atoms with Gasteiger partial charge in [-0.25, -0.2) is 4.68 Å². The molecule has 1 aliphatic heterocycles. The zero-order valence-electron chi connectivity index (χ0n) is 15.1. The molecular weight excluding hydrogens is 336 g/mol. The summed E-state index contributed by atoms with van der Waals surface area (Å²) in [5.41, 5.74) is 3.00. The van der Waals surface area contributed by atoms with E-state index in [1.54, 1.807) is 9.58 Å². The van der Waals surface area contributed by atoms with Gasteiger partial charge < -0.3 is 4.90 Å². The van der Waals surface area contributed by atoms with Crippen LogP contribution in [0.1, 0.15) is 24.1 Å². The molecule has 0 N–H and O–H groups in total. The Labute approximate surface area is 154 Å². The van der Waals surface area contributed by atoms with Crippen LogP contribution in [0.4, 0.5) is 0 Å². The number of halogens is 1. The van der Waals surface area contributed by atoms with Crippen molar-refractivity contribution in [2.45, 2.75) is 26.3 Å². The number of aryl methyl sites for hydroxylation is 1. The maximum atomic E-state index is 12.1.